The number of carbonyl (C=O) groups is 1. The van der Waals surface area contributed by atoms with Crippen LogP contribution < -0.4 is 5.73 Å². The molecule has 5 heteroatoms. The molecular formula is C13H18N2O3. The van der Waals surface area contributed by atoms with Crippen molar-refractivity contribution < 1.29 is 14.6 Å². The van der Waals surface area contributed by atoms with Crippen LogP contribution >= 0.6 is 0 Å². The van der Waals surface area contributed by atoms with Gasteiger partial charge in [-0.1, -0.05) is 12.1 Å². The van der Waals surface area contributed by atoms with E-state index in [1.807, 2.05) is 13.0 Å². The first-order valence-corrected chi connectivity index (χ1v) is 5.92. The lowest BCUT2D eigenvalue weighted by Crippen LogP contribution is -2.56. The highest BCUT2D eigenvalue weighted by atomic mass is 16.5. The molecule has 1 aromatic carbocycles. The maximum absolute atomic E-state index is 11.8. The van der Waals surface area contributed by atoms with E-state index in [2.05, 4.69) is 0 Å². The Morgan fingerprint density at radius 2 is 2.33 bits per heavy atom. The highest BCUT2D eigenvalue weighted by Gasteiger charge is 2.34. The largest absolute Gasteiger partial charge is 0.508 e. The third kappa shape index (κ3) is 2.80. The summed E-state index contributed by atoms with van der Waals surface area (Å²) in [5, 5.41) is 9.41. The smallest absolute Gasteiger partial charge is 0.249 e. The average molecular weight is 250 g/mol. The van der Waals surface area contributed by atoms with E-state index < -0.39 is 5.60 Å². The van der Waals surface area contributed by atoms with Crippen molar-refractivity contribution in [2.45, 2.75) is 19.1 Å². The lowest BCUT2D eigenvalue weighted by molar-refractivity contribution is -0.160. The van der Waals surface area contributed by atoms with Gasteiger partial charge in [-0.3, -0.25) is 4.79 Å². The van der Waals surface area contributed by atoms with E-state index in [1.54, 1.807) is 23.1 Å². The summed E-state index contributed by atoms with van der Waals surface area (Å²) in [6, 6.07) is 6.90. The first kappa shape index (κ1) is 12.9. The fraction of sp³-hybridized carbons (Fsp3) is 0.462. The van der Waals surface area contributed by atoms with E-state index >= 15 is 0 Å². The van der Waals surface area contributed by atoms with E-state index in [9.17, 15) is 9.90 Å². The number of rotatable bonds is 3. The van der Waals surface area contributed by atoms with Crippen molar-refractivity contribution in [1.29, 1.82) is 0 Å². The number of morpholine rings is 1. The van der Waals surface area contributed by atoms with Crippen LogP contribution in [0.3, 0.4) is 0 Å². The van der Waals surface area contributed by atoms with E-state index in [4.69, 9.17) is 10.5 Å². The summed E-state index contributed by atoms with van der Waals surface area (Å²) in [6.45, 7) is 3.27. The van der Waals surface area contributed by atoms with Crippen molar-refractivity contribution in [2.75, 3.05) is 19.7 Å². The molecule has 0 aromatic heterocycles. The van der Waals surface area contributed by atoms with Crippen molar-refractivity contribution in [2.24, 2.45) is 5.73 Å². The maximum Gasteiger partial charge on any atom is 0.249 e. The Morgan fingerprint density at radius 1 is 1.56 bits per heavy atom. The summed E-state index contributed by atoms with van der Waals surface area (Å²) < 4.78 is 5.45. The standard InChI is InChI=1S/C13H18N2O3/c1-13(8-14)9-15(12(17)7-18-13)6-10-3-2-4-11(16)5-10/h2-5,16H,6-9,14H2,1H3. The Morgan fingerprint density at radius 3 is 3.00 bits per heavy atom. The number of ether oxygens (including phenoxy) is 1. The number of nitrogens with zero attached hydrogens (tertiary/aromatic N) is 1. The van der Waals surface area contributed by atoms with Crippen LogP contribution in [0.15, 0.2) is 24.3 Å². The third-order valence-electron chi connectivity index (χ3n) is 3.14. The molecule has 1 fully saturated rings. The minimum atomic E-state index is -0.481. The van der Waals surface area contributed by atoms with Crippen LogP contribution in [0.1, 0.15) is 12.5 Å². The number of nitrogens with two attached hydrogens (primary N) is 1. The molecule has 0 spiro atoms. The van der Waals surface area contributed by atoms with Crippen LogP contribution in [0.2, 0.25) is 0 Å². The third-order valence-corrected chi connectivity index (χ3v) is 3.14. The van der Waals surface area contributed by atoms with Crippen LogP contribution in [0, 0.1) is 0 Å². The zero-order valence-electron chi connectivity index (χ0n) is 10.4. The number of amides is 1. The molecule has 1 aliphatic heterocycles. The lowest BCUT2D eigenvalue weighted by atomic mass is 10.0. The van der Waals surface area contributed by atoms with Gasteiger partial charge in [-0.25, -0.2) is 0 Å². The molecule has 1 aromatic rings. The molecule has 0 bridgehead atoms. The molecule has 18 heavy (non-hydrogen) atoms. The molecule has 2 rings (SSSR count). The molecule has 1 aliphatic rings. The van der Waals surface area contributed by atoms with Crippen LogP contribution in [0.25, 0.3) is 0 Å². The van der Waals surface area contributed by atoms with Crippen molar-refractivity contribution in [3.8, 4) is 5.75 Å². The highest BCUT2D eigenvalue weighted by Crippen LogP contribution is 2.20. The fourth-order valence-corrected chi connectivity index (χ4v) is 2.01. The fourth-order valence-electron chi connectivity index (χ4n) is 2.01. The van der Waals surface area contributed by atoms with Crippen molar-refractivity contribution in [3.63, 3.8) is 0 Å². The zero-order valence-corrected chi connectivity index (χ0v) is 10.4. The Bertz CT molecular complexity index is 450. The number of hydrogen-bond donors (Lipinski definition) is 2. The van der Waals surface area contributed by atoms with Gasteiger partial charge in [0, 0.05) is 13.1 Å². The van der Waals surface area contributed by atoms with Gasteiger partial charge in [0.15, 0.2) is 0 Å². The molecule has 1 unspecified atom stereocenters. The normalized spacial score (nSPS) is 24.3. The van der Waals surface area contributed by atoms with Gasteiger partial charge in [0.2, 0.25) is 5.91 Å². The number of carbonyl (C=O) groups excluding carboxylic acids is 1. The van der Waals surface area contributed by atoms with Gasteiger partial charge >= 0.3 is 0 Å². The SMILES string of the molecule is CC1(CN)CN(Cc2cccc(O)c2)C(=O)CO1. The van der Waals surface area contributed by atoms with Gasteiger partial charge in [-0.15, -0.1) is 0 Å². The highest BCUT2D eigenvalue weighted by molar-refractivity contribution is 5.78. The van der Waals surface area contributed by atoms with E-state index in [1.165, 1.54) is 0 Å². The summed E-state index contributed by atoms with van der Waals surface area (Å²) >= 11 is 0. The Hall–Kier alpha value is -1.59. The van der Waals surface area contributed by atoms with E-state index in [-0.39, 0.29) is 18.3 Å². The molecule has 0 aliphatic carbocycles. The molecular weight excluding hydrogens is 232 g/mol. The van der Waals surface area contributed by atoms with Gasteiger partial charge in [-0.05, 0) is 24.6 Å². The second-order valence-corrected chi connectivity index (χ2v) is 4.86. The summed E-state index contributed by atoms with van der Waals surface area (Å²) in [5.41, 5.74) is 6.07. The summed E-state index contributed by atoms with van der Waals surface area (Å²) in [7, 11) is 0. The Balaban J connectivity index is 2.09. The van der Waals surface area contributed by atoms with Gasteiger partial charge in [0.25, 0.3) is 0 Å². The van der Waals surface area contributed by atoms with Crippen LogP contribution in [-0.2, 0) is 16.1 Å². The second-order valence-electron chi connectivity index (χ2n) is 4.86. The quantitative estimate of drug-likeness (QED) is 0.817. The minimum Gasteiger partial charge on any atom is -0.508 e. The monoisotopic (exact) mass is 250 g/mol. The second kappa shape index (κ2) is 4.96. The maximum atomic E-state index is 11.8. The predicted octanol–water partition coefficient (Wildman–Crippen LogP) is 0.468. The summed E-state index contributed by atoms with van der Waals surface area (Å²) in [6.07, 6.45) is 0. The van der Waals surface area contributed by atoms with Crippen LogP contribution in [0.5, 0.6) is 5.75 Å². The van der Waals surface area contributed by atoms with Crippen LogP contribution in [0.4, 0.5) is 0 Å². The zero-order chi connectivity index (χ0) is 13.2. The molecule has 1 amide bonds. The minimum absolute atomic E-state index is 0.0516. The van der Waals surface area contributed by atoms with E-state index in [0.717, 1.165) is 5.56 Å². The molecule has 1 saturated heterocycles. The Labute approximate surface area is 106 Å². The number of aromatic hydroxyl groups is 1. The predicted molar refractivity (Wildman–Crippen MR) is 66.9 cm³/mol. The Kier molecular flexibility index (Phi) is 3.54. The molecule has 5 nitrogen and oxygen atoms in total. The number of phenolic OH excluding ortho intramolecular Hbond substituents is 1. The lowest BCUT2D eigenvalue weighted by Gasteiger charge is -2.39. The summed E-state index contributed by atoms with van der Waals surface area (Å²) in [4.78, 5) is 13.5. The first-order valence-electron chi connectivity index (χ1n) is 5.92. The van der Waals surface area contributed by atoms with Crippen LogP contribution in [-0.4, -0.2) is 41.2 Å². The summed E-state index contributed by atoms with van der Waals surface area (Å²) in [5.74, 6) is 0.152. The van der Waals surface area contributed by atoms with Gasteiger partial charge < -0.3 is 20.5 Å². The topological polar surface area (TPSA) is 75.8 Å². The molecule has 1 heterocycles. The first-order chi connectivity index (χ1) is 8.52. The molecule has 1 atom stereocenters. The number of benzene rings is 1. The van der Waals surface area contributed by atoms with Crippen molar-refractivity contribution in [3.05, 3.63) is 29.8 Å². The van der Waals surface area contributed by atoms with Crippen molar-refractivity contribution >= 4 is 5.91 Å². The van der Waals surface area contributed by atoms with Gasteiger partial charge in [0.05, 0.1) is 12.1 Å². The number of hydrogen-bond acceptors (Lipinski definition) is 4. The molecule has 0 saturated carbocycles. The van der Waals surface area contributed by atoms with Crippen molar-refractivity contribution in [1.82, 2.24) is 4.90 Å². The van der Waals surface area contributed by atoms with Gasteiger partial charge in [0.1, 0.15) is 12.4 Å². The van der Waals surface area contributed by atoms with Gasteiger partial charge in [-0.2, -0.15) is 0 Å². The number of phenols is 1. The molecule has 0 radical (unpaired) electrons. The average Bonchev–Trinajstić information content (AvgIpc) is 2.34. The van der Waals surface area contributed by atoms with E-state index in [0.29, 0.717) is 19.6 Å². The molecule has 3 N–H and O–H groups in total. The molecule has 98 valence electrons.